The molecule has 1 aromatic heterocycles. The first-order chi connectivity index (χ1) is 13.5. The quantitative estimate of drug-likeness (QED) is 0.716. The van der Waals surface area contributed by atoms with Gasteiger partial charge >= 0.3 is 5.97 Å². The summed E-state index contributed by atoms with van der Waals surface area (Å²) >= 11 is 0. The molecule has 7 heteroatoms. The molecule has 6 nitrogen and oxygen atoms in total. The standard InChI is InChI=1S/C22H27NO5S/c1-5-13(2)12-23-20-9-16(14(3)24)8-17(29(4,27)28)11-19(20)18-7-6-15(22(18)23)10-21(25)26/h5,8,11,15H,6-7,9-10,12H2,1-4H3,(H,25,26)/b13-5+/t15-/m1/s1. The van der Waals surface area contributed by atoms with Gasteiger partial charge in [-0.2, -0.15) is 0 Å². The number of carboxylic acids is 1. The van der Waals surface area contributed by atoms with E-state index in [1.807, 2.05) is 19.9 Å². The Labute approximate surface area is 171 Å². The number of aromatic nitrogens is 1. The van der Waals surface area contributed by atoms with Crippen molar-refractivity contribution in [1.29, 1.82) is 0 Å². The summed E-state index contributed by atoms with van der Waals surface area (Å²) in [6.07, 6.45) is 8.13. The summed E-state index contributed by atoms with van der Waals surface area (Å²) < 4.78 is 26.8. The highest BCUT2D eigenvalue weighted by atomic mass is 32.2. The Hall–Kier alpha value is -2.41. The van der Waals surface area contributed by atoms with Crippen molar-refractivity contribution in [1.82, 2.24) is 4.57 Å². The lowest BCUT2D eigenvalue weighted by Crippen LogP contribution is -2.14. The highest BCUT2D eigenvalue weighted by molar-refractivity contribution is 7.94. The van der Waals surface area contributed by atoms with E-state index in [1.165, 1.54) is 13.0 Å². The number of allylic oxidation sites excluding steroid dienone is 4. The van der Waals surface area contributed by atoms with Gasteiger partial charge in [-0.25, -0.2) is 8.42 Å². The minimum absolute atomic E-state index is 0.0445. The predicted molar refractivity (Wildman–Crippen MR) is 112 cm³/mol. The first-order valence-electron chi connectivity index (χ1n) is 9.73. The molecule has 0 amide bonds. The third-order valence-corrected chi connectivity index (χ3v) is 6.95. The van der Waals surface area contributed by atoms with E-state index >= 15 is 0 Å². The van der Waals surface area contributed by atoms with Gasteiger partial charge in [-0.15, -0.1) is 0 Å². The van der Waals surface area contributed by atoms with Crippen LogP contribution >= 0.6 is 0 Å². The zero-order valence-electron chi connectivity index (χ0n) is 17.3. The number of nitrogens with zero attached hydrogens (tertiary/aromatic N) is 1. The van der Waals surface area contributed by atoms with Crippen molar-refractivity contribution in [3.8, 4) is 0 Å². The number of sulfone groups is 1. The lowest BCUT2D eigenvalue weighted by atomic mass is 10.0. The average Bonchev–Trinajstić information content (AvgIpc) is 3.03. The smallest absolute Gasteiger partial charge is 0.304 e. The summed E-state index contributed by atoms with van der Waals surface area (Å²) in [5.41, 5.74) is 5.31. The van der Waals surface area contributed by atoms with Gasteiger partial charge in [0.1, 0.15) is 0 Å². The van der Waals surface area contributed by atoms with E-state index < -0.39 is 15.8 Å². The van der Waals surface area contributed by atoms with Gasteiger partial charge in [0.2, 0.25) is 0 Å². The van der Waals surface area contributed by atoms with Crippen LogP contribution in [0.25, 0.3) is 6.08 Å². The molecule has 1 heterocycles. The van der Waals surface area contributed by atoms with Crippen LogP contribution < -0.4 is 0 Å². The number of Topliss-reactive ketones (excluding diaryl/α,β-unsaturated/α-hetero) is 1. The fourth-order valence-corrected chi connectivity index (χ4v) is 4.96. The van der Waals surface area contributed by atoms with Crippen molar-refractivity contribution < 1.29 is 23.1 Å². The lowest BCUT2D eigenvalue weighted by Gasteiger charge is -2.18. The van der Waals surface area contributed by atoms with Crippen LogP contribution in [0.3, 0.4) is 0 Å². The Kier molecular flexibility index (Phi) is 5.72. The summed E-state index contributed by atoms with van der Waals surface area (Å²) in [5.74, 6) is -1.12. The number of hydrogen-bond donors (Lipinski definition) is 1. The third kappa shape index (κ3) is 4.15. The number of carboxylic acid groups (broad SMARTS) is 1. The van der Waals surface area contributed by atoms with E-state index in [4.69, 9.17) is 0 Å². The minimum Gasteiger partial charge on any atom is -0.481 e. The molecule has 0 aromatic carbocycles. The molecule has 0 bridgehead atoms. The van der Waals surface area contributed by atoms with Crippen LogP contribution in [-0.2, 0) is 38.8 Å². The highest BCUT2D eigenvalue weighted by Crippen LogP contribution is 2.43. The molecule has 0 unspecified atom stereocenters. The summed E-state index contributed by atoms with van der Waals surface area (Å²) in [6.45, 7) is 6.00. The van der Waals surface area contributed by atoms with E-state index in [0.29, 0.717) is 25.0 Å². The Morgan fingerprint density at radius 2 is 1.97 bits per heavy atom. The third-order valence-electron chi connectivity index (χ3n) is 5.85. The van der Waals surface area contributed by atoms with Gasteiger partial charge in [0, 0.05) is 47.7 Å². The van der Waals surface area contributed by atoms with Gasteiger partial charge in [0.25, 0.3) is 0 Å². The Morgan fingerprint density at radius 1 is 1.28 bits per heavy atom. The molecule has 3 rings (SSSR count). The van der Waals surface area contributed by atoms with Gasteiger partial charge in [-0.3, -0.25) is 9.59 Å². The summed E-state index contributed by atoms with van der Waals surface area (Å²) in [7, 11) is -3.51. The average molecular weight is 418 g/mol. The maximum atomic E-state index is 12.3. The summed E-state index contributed by atoms with van der Waals surface area (Å²) in [4.78, 5) is 23.8. The SMILES string of the molecule is C/C=C(\C)Cn1c2c(c3c1[C@@H](CC(=O)O)CC3)C=C(S(C)(=O)=O)C=C(C(C)=O)C2. The number of hydrogen-bond acceptors (Lipinski definition) is 4. The number of fused-ring (bicyclic) bond motifs is 3. The van der Waals surface area contributed by atoms with E-state index in [1.54, 1.807) is 6.08 Å². The molecule has 0 spiro atoms. The second kappa shape index (κ2) is 7.78. The molecule has 0 saturated carbocycles. The fourth-order valence-electron chi connectivity index (χ4n) is 4.27. The van der Waals surface area contributed by atoms with Crippen molar-refractivity contribution in [3.63, 3.8) is 0 Å². The topological polar surface area (TPSA) is 93.4 Å². The zero-order chi connectivity index (χ0) is 21.5. The molecule has 0 saturated heterocycles. The van der Waals surface area contributed by atoms with Crippen LogP contribution in [0.2, 0.25) is 0 Å². The molecular weight excluding hydrogens is 390 g/mol. The maximum absolute atomic E-state index is 12.3. The Balaban J connectivity index is 2.29. The van der Waals surface area contributed by atoms with Gasteiger partial charge in [-0.1, -0.05) is 11.6 Å². The largest absolute Gasteiger partial charge is 0.481 e. The number of carbonyl (C=O) groups is 2. The van der Waals surface area contributed by atoms with E-state index in [9.17, 15) is 23.1 Å². The molecule has 2 aliphatic carbocycles. The van der Waals surface area contributed by atoms with Gasteiger partial charge in [0.05, 0.1) is 11.3 Å². The predicted octanol–water partition coefficient (Wildman–Crippen LogP) is 3.42. The molecule has 0 radical (unpaired) electrons. The molecule has 2 aliphatic rings. The molecule has 1 atom stereocenters. The molecule has 0 fully saturated rings. The monoisotopic (exact) mass is 417 g/mol. The van der Waals surface area contributed by atoms with Crippen LogP contribution in [0.4, 0.5) is 0 Å². The normalized spacial score (nSPS) is 19.2. The van der Waals surface area contributed by atoms with Crippen molar-refractivity contribution in [3.05, 3.63) is 50.7 Å². The number of ketones is 1. The fraction of sp³-hybridized carbons (Fsp3) is 0.455. The van der Waals surface area contributed by atoms with E-state index in [0.717, 1.165) is 40.8 Å². The Morgan fingerprint density at radius 3 is 2.52 bits per heavy atom. The first-order valence-corrected chi connectivity index (χ1v) is 11.6. The molecular formula is C22H27NO5S. The van der Waals surface area contributed by atoms with Crippen LogP contribution in [0.15, 0.2) is 28.2 Å². The zero-order valence-corrected chi connectivity index (χ0v) is 18.1. The van der Waals surface area contributed by atoms with Crippen molar-refractivity contribution in [2.24, 2.45) is 0 Å². The molecule has 1 N–H and O–H groups in total. The van der Waals surface area contributed by atoms with Crippen molar-refractivity contribution in [2.75, 3.05) is 6.26 Å². The molecule has 156 valence electrons. The first kappa shape index (κ1) is 21.3. The number of aliphatic carboxylic acids is 1. The van der Waals surface area contributed by atoms with E-state index in [-0.39, 0.29) is 23.0 Å². The summed E-state index contributed by atoms with van der Waals surface area (Å²) in [6, 6.07) is 0. The minimum atomic E-state index is -3.51. The molecule has 29 heavy (non-hydrogen) atoms. The van der Waals surface area contributed by atoms with Gasteiger partial charge in [-0.05, 0) is 51.3 Å². The van der Waals surface area contributed by atoms with Crippen molar-refractivity contribution >= 4 is 27.7 Å². The van der Waals surface area contributed by atoms with Crippen LogP contribution in [0.1, 0.15) is 62.0 Å². The second-order valence-corrected chi connectivity index (χ2v) is 10.0. The number of rotatable bonds is 6. The summed E-state index contributed by atoms with van der Waals surface area (Å²) in [5, 5.41) is 9.36. The van der Waals surface area contributed by atoms with Crippen LogP contribution in [0.5, 0.6) is 0 Å². The van der Waals surface area contributed by atoms with E-state index in [2.05, 4.69) is 4.57 Å². The second-order valence-electron chi connectivity index (χ2n) is 8.00. The lowest BCUT2D eigenvalue weighted by molar-refractivity contribution is -0.137. The molecule has 0 aliphatic heterocycles. The van der Waals surface area contributed by atoms with Crippen molar-refractivity contribution in [2.45, 2.75) is 58.9 Å². The number of carbonyl (C=O) groups excluding carboxylic acids is 1. The van der Waals surface area contributed by atoms with Crippen LogP contribution in [-0.4, -0.2) is 36.1 Å². The van der Waals surface area contributed by atoms with Gasteiger partial charge in [0.15, 0.2) is 15.6 Å². The van der Waals surface area contributed by atoms with Crippen LogP contribution in [0, 0.1) is 0 Å². The Bertz CT molecular complexity index is 1080. The molecule has 1 aromatic rings. The highest BCUT2D eigenvalue weighted by Gasteiger charge is 2.35. The van der Waals surface area contributed by atoms with Gasteiger partial charge < -0.3 is 9.67 Å². The maximum Gasteiger partial charge on any atom is 0.304 e.